The van der Waals surface area contributed by atoms with Crippen LogP contribution < -0.4 is 5.32 Å². The second kappa shape index (κ2) is 9.72. The SMILES string of the molecule is Cc1cc(C(=O)Nc2ccccc2CN2CC(C)OC(C)C2)c(C)n1Cc1ccccc1. The predicted molar refractivity (Wildman–Crippen MR) is 129 cm³/mol. The quantitative estimate of drug-likeness (QED) is 0.596. The van der Waals surface area contributed by atoms with Gasteiger partial charge in [-0.2, -0.15) is 0 Å². The minimum Gasteiger partial charge on any atom is -0.373 e. The molecule has 0 radical (unpaired) electrons. The van der Waals surface area contributed by atoms with Crippen LogP contribution in [-0.2, 0) is 17.8 Å². The molecule has 0 bridgehead atoms. The minimum atomic E-state index is -0.0615. The normalized spacial score (nSPS) is 19.1. The summed E-state index contributed by atoms with van der Waals surface area (Å²) < 4.78 is 8.06. The summed E-state index contributed by atoms with van der Waals surface area (Å²) in [7, 11) is 0. The van der Waals surface area contributed by atoms with Crippen LogP contribution in [0.2, 0.25) is 0 Å². The van der Waals surface area contributed by atoms with Crippen LogP contribution in [0, 0.1) is 13.8 Å². The number of nitrogens with zero attached hydrogens (tertiary/aromatic N) is 2. The number of anilines is 1. The Kier molecular flexibility index (Phi) is 6.77. The van der Waals surface area contributed by atoms with Gasteiger partial charge in [0.05, 0.1) is 17.8 Å². The Hall–Kier alpha value is -2.89. The van der Waals surface area contributed by atoms with E-state index < -0.39 is 0 Å². The van der Waals surface area contributed by atoms with Crippen molar-refractivity contribution in [2.75, 3.05) is 18.4 Å². The Morgan fingerprint density at radius 1 is 0.969 bits per heavy atom. The fourth-order valence-corrected chi connectivity index (χ4v) is 4.66. The monoisotopic (exact) mass is 431 g/mol. The van der Waals surface area contributed by atoms with Crippen LogP contribution in [0.5, 0.6) is 0 Å². The number of nitrogens with one attached hydrogen (secondary N) is 1. The van der Waals surface area contributed by atoms with Crippen LogP contribution in [0.1, 0.15) is 46.7 Å². The lowest BCUT2D eigenvalue weighted by atomic mass is 10.1. The number of para-hydroxylation sites is 1. The molecule has 5 nitrogen and oxygen atoms in total. The van der Waals surface area contributed by atoms with E-state index >= 15 is 0 Å². The number of hydrogen-bond acceptors (Lipinski definition) is 3. The molecule has 0 spiro atoms. The summed E-state index contributed by atoms with van der Waals surface area (Å²) in [6, 6.07) is 20.4. The molecular formula is C27H33N3O2. The molecule has 1 aliphatic rings. The highest BCUT2D eigenvalue weighted by Gasteiger charge is 2.23. The zero-order valence-electron chi connectivity index (χ0n) is 19.5. The molecule has 1 aromatic heterocycles. The van der Waals surface area contributed by atoms with Crippen molar-refractivity contribution in [3.05, 3.63) is 88.7 Å². The third-order valence-electron chi connectivity index (χ3n) is 6.16. The first-order valence-electron chi connectivity index (χ1n) is 11.4. The van der Waals surface area contributed by atoms with Gasteiger partial charge in [0.1, 0.15) is 0 Å². The lowest BCUT2D eigenvalue weighted by Gasteiger charge is -2.35. The lowest BCUT2D eigenvalue weighted by Crippen LogP contribution is -2.44. The van der Waals surface area contributed by atoms with Gasteiger partial charge in [0.2, 0.25) is 0 Å². The molecule has 1 amide bonds. The van der Waals surface area contributed by atoms with Gasteiger partial charge in [0, 0.05) is 43.3 Å². The molecule has 0 saturated carbocycles. The molecular weight excluding hydrogens is 398 g/mol. The number of benzene rings is 2. The molecule has 2 unspecified atom stereocenters. The van der Waals surface area contributed by atoms with Gasteiger partial charge in [-0.15, -0.1) is 0 Å². The molecule has 1 N–H and O–H groups in total. The molecule has 1 aliphatic heterocycles. The third kappa shape index (κ3) is 5.12. The number of ether oxygens (including phenoxy) is 1. The first-order valence-corrected chi connectivity index (χ1v) is 11.4. The average molecular weight is 432 g/mol. The summed E-state index contributed by atoms with van der Waals surface area (Å²) >= 11 is 0. The average Bonchev–Trinajstić information content (AvgIpc) is 3.03. The molecule has 3 aromatic rings. The van der Waals surface area contributed by atoms with Gasteiger partial charge in [-0.25, -0.2) is 0 Å². The standard InChI is InChI=1S/C27H33N3O2/c1-19-14-25(22(4)30(19)17-23-10-6-5-7-11-23)27(31)28-26-13-9-8-12-24(26)18-29-15-20(2)32-21(3)16-29/h5-14,20-21H,15-18H2,1-4H3,(H,28,31). The van der Waals surface area contributed by atoms with E-state index in [0.29, 0.717) is 0 Å². The van der Waals surface area contributed by atoms with Gasteiger partial charge in [-0.1, -0.05) is 48.5 Å². The van der Waals surface area contributed by atoms with Crippen molar-refractivity contribution in [1.29, 1.82) is 0 Å². The van der Waals surface area contributed by atoms with Gasteiger partial charge in [-0.3, -0.25) is 9.69 Å². The van der Waals surface area contributed by atoms with Gasteiger partial charge in [0.25, 0.3) is 5.91 Å². The number of aryl methyl sites for hydroxylation is 1. The summed E-state index contributed by atoms with van der Waals surface area (Å²) in [5.74, 6) is -0.0615. The topological polar surface area (TPSA) is 46.5 Å². The summed E-state index contributed by atoms with van der Waals surface area (Å²) in [4.78, 5) is 15.6. The number of morpholine rings is 1. The maximum Gasteiger partial charge on any atom is 0.257 e. The van der Waals surface area contributed by atoms with E-state index in [1.807, 2.05) is 49.4 Å². The van der Waals surface area contributed by atoms with Gasteiger partial charge in [-0.05, 0) is 51.0 Å². The van der Waals surface area contributed by atoms with E-state index in [1.54, 1.807) is 0 Å². The zero-order valence-corrected chi connectivity index (χ0v) is 19.5. The number of hydrogen-bond donors (Lipinski definition) is 1. The van der Waals surface area contributed by atoms with Gasteiger partial charge in [0.15, 0.2) is 0 Å². The molecule has 32 heavy (non-hydrogen) atoms. The summed E-state index contributed by atoms with van der Waals surface area (Å²) in [6.45, 7) is 11.6. The number of carbonyl (C=O) groups is 1. The number of amides is 1. The fraction of sp³-hybridized carbons (Fsp3) is 0.370. The van der Waals surface area contributed by atoms with Crippen LogP contribution in [0.3, 0.4) is 0 Å². The van der Waals surface area contributed by atoms with E-state index in [2.05, 4.69) is 53.8 Å². The molecule has 5 heteroatoms. The van der Waals surface area contributed by atoms with Crippen LogP contribution in [0.15, 0.2) is 60.7 Å². The Morgan fingerprint density at radius 3 is 2.34 bits per heavy atom. The van der Waals surface area contributed by atoms with Gasteiger partial charge < -0.3 is 14.6 Å². The number of rotatable bonds is 6. The highest BCUT2D eigenvalue weighted by molar-refractivity contribution is 6.05. The van der Waals surface area contributed by atoms with Crippen molar-refractivity contribution >= 4 is 11.6 Å². The second-order valence-electron chi connectivity index (χ2n) is 8.92. The van der Waals surface area contributed by atoms with Crippen molar-refractivity contribution in [1.82, 2.24) is 9.47 Å². The van der Waals surface area contributed by atoms with Crippen LogP contribution in [0.4, 0.5) is 5.69 Å². The number of carbonyl (C=O) groups excluding carboxylic acids is 1. The Labute approximate surface area is 191 Å². The minimum absolute atomic E-state index is 0.0615. The van der Waals surface area contributed by atoms with E-state index in [1.165, 1.54) is 5.56 Å². The maximum atomic E-state index is 13.2. The van der Waals surface area contributed by atoms with Crippen LogP contribution >= 0.6 is 0 Å². The highest BCUT2D eigenvalue weighted by Crippen LogP contribution is 2.23. The smallest absolute Gasteiger partial charge is 0.257 e. The molecule has 168 valence electrons. The van der Waals surface area contributed by atoms with Crippen molar-refractivity contribution in [3.63, 3.8) is 0 Å². The second-order valence-corrected chi connectivity index (χ2v) is 8.92. The van der Waals surface area contributed by atoms with Gasteiger partial charge >= 0.3 is 0 Å². The summed E-state index contributed by atoms with van der Waals surface area (Å²) in [5.41, 5.74) is 6.01. The molecule has 0 aliphatic carbocycles. The first-order chi connectivity index (χ1) is 15.4. The molecule has 2 aromatic carbocycles. The maximum absolute atomic E-state index is 13.2. The molecule has 2 atom stereocenters. The fourth-order valence-electron chi connectivity index (χ4n) is 4.66. The highest BCUT2D eigenvalue weighted by atomic mass is 16.5. The Bertz CT molecular complexity index is 1060. The molecule has 2 heterocycles. The predicted octanol–water partition coefficient (Wildman–Crippen LogP) is 5.01. The zero-order chi connectivity index (χ0) is 22.7. The molecule has 1 saturated heterocycles. The van der Waals surface area contributed by atoms with E-state index in [4.69, 9.17) is 4.74 Å². The number of aromatic nitrogens is 1. The first kappa shape index (κ1) is 22.3. The van der Waals surface area contributed by atoms with E-state index in [0.717, 1.165) is 54.4 Å². The van der Waals surface area contributed by atoms with E-state index in [9.17, 15) is 4.79 Å². The molecule has 1 fully saturated rings. The Morgan fingerprint density at radius 2 is 1.62 bits per heavy atom. The largest absolute Gasteiger partial charge is 0.373 e. The third-order valence-corrected chi connectivity index (χ3v) is 6.16. The summed E-state index contributed by atoms with van der Waals surface area (Å²) in [5, 5.41) is 3.17. The van der Waals surface area contributed by atoms with E-state index in [-0.39, 0.29) is 18.1 Å². The van der Waals surface area contributed by atoms with Crippen molar-refractivity contribution in [2.24, 2.45) is 0 Å². The molecule has 4 rings (SSSR count). The van der Waals surface area contributed by atoms with Crippen LogP contribution in [-0.4, -0.2) is 40.7 Å². The van der Waals surface area contributed by atoms with Crippen molar-refractivity contribution < 1.29 is 9.53 Å². The van der Waals surface area contributed by atoms with Crippen molar-refractivity contribution in [2.45, 2.75) is 53.0 Å². The van der Waals surface area contributed by atoms with Crippen LogP contribution in [0.25, 0.3) is 0 Å². The summed E-state index contributed by atoms with van der Waals surface area (Å²) in [6.07, 6.45) is 0.436. The van der Waals surface area contributed by atoms with Crippen molar-refractivity contribution in [3.8, 4) is 0 Å². The Balaban J connectivity index is 1.51. The lowest BCUT2D eigenvalue weighted by molar-refractivity contribution is -0.0704.